The molecule has 6 aromatic rings. The molecular formula is C79H112F3N15O8. The van der Waals surface area contributed by atoms with E-state index in [0.29, 0.717) is 144 Å². The molecule has 0 spiro atoms. The maximum Gasteiger partial charge on any atom is 0.229 e. The summed E-state index contributed by atoms with van der Waals surface area (Å²) in [5.41, 5.74) is 4.42. The average Bonchev–Trinajstić information content (AvgIpc) is 1.56. The number of pyridine rings is 3. The summed E-state index contributed by atoms with van der Waals surface area (Å²) in [7, 11) is 1.73. The van der Waals surface area contributed by atoms with E-state index in [2.05, 4.69) is 88.1 Å². The Morgan fingerprint density at radius 1 is 0.533 bits per heavy atom. The van der Waals surface area contributed by atoms with Gasteiger partial charge in [0.1, 0.15) is 47.8 Å². The van der Waals surface area contributed by atoms with E-state index in [4.69, 9.17) is 38.0 Å². The van der Waals surface area contributed by atoms with Gasteiger partial charge in [0.05, 0.1) is 30.6 Å². The predicted octanol–water partition coefficient (Wildman–Crippen LogP) is 10.8. The van der Waals surface area contributed by atoms with Gasteiger partial charge in [-0.3, -0.25) is 14.4 Å². The number of rotatable bonds is 25. The van der Waals surface area contributed by atoms with Crippen LogP contribution in [0.15, 0.2) is 57.6 Å². The molecular weight excluding hydrogens is 1340 g/mol. The molecule has 23 nitrogen and oxygen atoms in total. The molecule has 0 saturated heterocycles. The zero-order chi connectivity index (χ0) is 73.3. The van der Waals surface area contributed by atoms with Crippen LogP contribution in [0.3, 0.4) is 0 Å². The molecule has 8 aliphatic rings. The Morgan fingerprint density at radius 2 is 0.943 bits per heavy atom. The van der Waals surface area contributed by atoms with Crippen LogP contribution in [0.4, 0.5) is 13.2 Å². The Bertz CT molecular complexity index is 3410. The normalized spacial score (nSPS) is 24.9. The van der Waals surface area contributed by atoms with Crippen molar-refractivity contribution in [1.82, 2.24) is 75.8 Å². The summed E-state index contributed by atoms with van der Waals surface area (Å²) in [6, 6.07) is 12.5. The molecule has 3 aliphatic heterocycles. The standard InChI is InChI=1S/C27H37FN4O3.C26H37FN6O2.C26H38FN5O3/c1-19-18-29-26(34-19)17-24(33)30-21-7-11-27(28,12-8-21)13-16-32-14-9-20-5-6-25(31-23(20)10-15-32)35-22-3-2-4-22;1-32-28-18-21(31-32)17-24(34)29-20-7-11-26(27,12-8-20)13-16-33-14-9-19-5-6-25(30-23(19)10-15-33)35-22-3-2-4-22;1-4-18(2)34-24-6-5-20-9-14-32(15-10-22(20)29-24)16-13-26(27)11-7-21(8-12-26)28-23(33)17-25-31-30-19(3)35-25/h5-6,18,21-22H,2-4,7-17H2,1H3,(H,30,33);5-6,18,20,22H,2-4,7-17H2,1H3,(H,29,34);5-6,18,21H,4,7-17H2,1-3H3,(H,28,33). The molecule has 26 heteroatoms. The number of nitrogens with one attached hydrogen (secondary N) is 3. The van der Waals surface area contributed by atoms with Gasteiger partial charge >= 0.3 is 0 Å². The fourth-order valence-corrected chi connectivity index (χ4v) is 15.6. The molecule has 5 aliphatic carbocycles. The van der Waals surface area contributed by atoms with E-state index in [1.54, 1.807) is 33.3 Å². The van der Waals surface area contributed by atoms with E-state index in [-0.39, 0.29) is 61.2 Å². The predicted molar refractivity (Wildman–Crippen MR) is 390 cm³/mol. The number of halogens is 3. The molecule has 105 heavy (non-hydrogen) atoms. The van der Waals surface area contributed by atoms with Crippen LogP contribution in [0.1, 0.15) is 218 Å². The van der Waals surface area contributed by atoms with Crippen molar-refractivity contribution in [3.8, 4) is 17.6 Å². The Morgan fingerprint density at radius 3 is 1.31 bits per heavy atom. The number of alkyl halides is 3. The average molecular weight is 1460 g/mol. The van der Waals surface area contributed by atoms with Gasteiger partial charge in [-0.1, -0.05) is 25.1 Å². The number of carbonyl (C=O) groups is 3. The van der Waals surface area contributed by atoms with Gasteiger partial charge in [0.25, 0.3) is 0 Å². The topological polar surface area (TPSA) is 259 Å². The van der Waals surface area contributed by atoms with Crippen molar-refractivity contribution in [3.05, 3.63) is 112 Å². The Labute approximate surface area is 616 Å². The van der Waals surface area contributed by atoms with Crippen molar-refractivity contribution < 1.29 is 50.6 Å². The zero-order valence-electron chi connectivity index (χ0n) is 62.6. The lowest BCUT2D eigenvalue weighted by atomic mass is 9.81. The SMILES string of the molecule is CCC(C)Oc1ccc2c(n1)CCN(CCC1(F)CCC(NC(=O)Cc3nnc(C)o3)CC1)CC2.Cc1cnc(CC(=O)NC2CCC(F)(CCN3CCc4ccc(OC5CCC5)nc4CC3)CC2)o1.Cn1ncc(CC(=O)NC2CCC(F)(CCN3CCc4ccc(OC5CCC5)nc4CC3)CC2)n1. The van der Waals surface area contributed by atoms with Crippen molar-refractivity contribution in [2.45, 2.75) is 280 Å². The monoisotopic (exact) mass is 1460 g/mol. The smallest absolute Gasteiger partial charge is 0.229 e. The molecule has 5 saturated carbocycles. The van der Waals surface area contributed by atoms with Crippen molar-refractivity contribution in [3.63, 3.8) is 0 Å². The van der Waals surface area contributed by atoms with E-state index >= 15 is 13.2 Å². The number of hydrogen-bond acceptors (Lipinski definition) is 19. The summed E-state index contributed by atoms with van der Waals surface area (Å²) in [6.45, 7) is 15.4. The van der Waals surface area contributed by atoms with Crippen LogP contribution in [0.5, 0.6) is 17.6 Å². The van der Waals surface area contributed by atoms with Crippen LogP contribution < -0.4 is 30.2 Å². The van der Waals surface area contributed by atoms with Crippen LogP contribution >= 0.6 is 0 Å². The van der Waals surface area contributed by atoms with Crippen LogP contribution in [0.2, 0.25) is 0 Å². The summed E-state index contributed by atoms with van der Waals surface area (Å²) in [5.74, 6) is 3.75. The van der Waals surface area contributed by atoms with Crippen molar-refractivity contribution in [2.75, 3.05) is 58.9 Å². The lowest BCUT2D eigenvalue weighted by molar-refractivity contribution is -0.122. The van der Waals surface area contributed by atoms with Crippen LogP contribution in [0, 0.1) is 13.8 Å². The molecule has 572 valence electrons. The first-order valence-electron chi connectivity index (χ1n) is 39.3. The highest BCUT2D eigenvalue weighted by Crippen LogP contribution is 2.39. The number of hydrogen-bond donors (Lipinski definition) is 3. The van der Waals surface area contributed by atoms with E-state index in [9.17, 15) is 14.4 Å². The molecule has 5 fully saturated rings. The largest absolute Gasteiger partial charge is 0.475 e. The van der Waals surface area contributed by atoms with Gasteiger partial charge in [0.2, 0.25) is 53.0 Å². The van der Waals surface area contributed by atoms with Crippen molar-refractivity contribution >= 4 is 17.7 Å². The summed E-state index contributed by atoms with van der Waals surface area (Å²) in [4.78, 5) is 63.8. The first kappa shape index (κ1) is 77.0. The maximum absolute atomic E-state index is 15.6. The fourth-order valence-electron chi connectivity index (χ4n) is 15.6. The minimum Gasteiger partial charge on any atom is -0.475 e. The van der Waals surface area contributed by atoms with Gasteiger partial charge in [-0.15, -0.1) is 10.2 Å². The third-order valence-electron chi connectivity index (χ3n) is 23.0. The van der Waals surface area contributed by atoms with Gasteiger partial charge in [-0.05, 0) is 191 Å². The minimum absolute atomic E-state index is 0.000921. The molecule has 9 heterocycles. The van der Waals surface area contributed by atoms with E-state index in [1.165, 1.54) is 34.3 Å². The third kappa shape index (κ3) is 23.2. The molecule has 6 aromatic heterocycles. The van der Waals surface area contributed by atoms with Crippen LogP contribution in [-0.4, -0.2) is 190 Å². The second-order valence-corrected chi connectivity index (χ2v) is 31.1. The highest BCUT2D eigenvalue weighted by Gasteiger charge is 2.40. The number of amides is 3. The number of nitrogens with zero attached hydrogens (tertiary/aromatic N) is 12. The van der Waals surface area contributed by atoms with Crippen LogP contribution in [-0.2, 0) is 79.2 Å². The number of oxazole rings is 1. The number of ether oxygens (including phenoxy) is 3. The summed E-state index contributed by atoms with van der Waals surface area (Å²) in [5, 5.41) is 24.8. The number of aromatic nitrogens is 9. The molecule has 1 atom stereocenters. The van der Waals surface area contributed by atoms with Gasteiger partial charge in [-0.2, -0.15) is 15.0 Å². The van der Waals surface area contributed by atoms with E-state index in [1.807, 2.05) is 18.2 Å². The highest BCUT2D eigenvalue weighted by atomic mass is 19.2. The lowest BCUT2D eigenvalue weighted by Gasteiger charge is -2.35. The number of carbonyl (C=O) groups excluding carboxylic acids is 3. The molecule has 0 bridgehead atoms. The Hall–Kier alpha value is -7.58. The van der Waals surface area contributed by atoms with Gasteiger partial charge in [0, 0.05) is 146 Å². The fraction of sp³-hybridized carbons (Fsp3) is 0.684. The van der Waals surface area contributed by atoms with Crippen LogP contribution in [0.25, 0.3) is 0 Å². The lowest BCUT2D eigenvalue weighted by Crippen LogP contribution is -2.43. The summed E-state index contributed by atoms with van der Waals surface area (Å²) >= 11 is 0. The minimum atomic E-state index is -1.17. The quantitative estimate of drug-likeness (QED) is 0.0481. The molecule has 3 N–H and O–H groups in total. The van der Waals surface area contributed by atoms with E-state index < -0.39 is 17.0 Å². The highest BCUT2D eigenvalue weighted by molar-refractivity contribution is 5.79. The Kier molecular flexibility index (Phi) is 26.7. The van der Waals surface area contributed by atoms with Gasteiger partial charge < -0.3 is 53.7 Å². The van der Waals surface area contributed by atoms with Crippen molar-refractivity contribution in [2.24, 2.45) is 7.05 Å². The first-order chi connectivity index (χ1) is 50.7. The number of fused-ring (bicyclic) bond motifs is 3. The molecule has 14 rings (SSSR count). The van der Waals surface area contributed by atoms with E-state index in [0.717, 1.165) is 158 Å². The first-order valence-corrected chi connectivity index (χ1v) is 39.3. The third-order valence-corrected chi connectivity index (χ3v) is 23.0. The number of aryl methyl sites for hydroxylation is 3. The van der Waals surface area contributed by atoms with Crippen molar-refractivity contribution in [1.29, 1.82) is 0 Å². The maximum atomic E-state index is 15.6. The molecule has 0 radical (unpaired) electrons. The molecule has 1 unspecified atom stereocenters. The Balaban J connectivity index is 0.000000148. The zero-order valence-corrected chi connectivity index (χ0v) is 62.6. The van der Waals surface area contributed by atoms with Gasteiger partial charge in [0.15, 0.2) is 0 Å². The summed E-state index contributed by atoms with van der Waals surface area (Å²) < 4.78 is 75.2. The summed E-state index contributed by atoms with van der Waals surface area (Å²) in [6.07, 6.45) is 26.5. The second kappa shape index (κ2) is 36.3. The molecule has 0 aromatic carbocycles. The second-order valence-electron chi connectivity index (χ2n) is 31.1. The van der Waals surface area contributed by atoms with Gasteiger partial charge in [-0.25, -0.2) is 33.1 Å². The molecule has 3 amide bonds.